The molecule has 174 valence electrons. The minimum Gasteiger partial charge on any atom is -0.342 e. The van der Waals surface area contributed by atoms with Crippen molar-refractivity contribution in [1.82, 2.24) is 15.1 Å². The third-order valence-electron chi connectivity index (χ3n) is 7.51. The van der Waals surface area contributed by atoms with Gasteiger partial charge in [-0.15, -0.1) is 0 Å². The molecule has 2 heterocycles. The molecule has 1 atom stereocenters. The number of carbonyl (C=O) groups excluding carboxylic acids is 3. The fourth-order valence-corrected chi connectivity index (χ4v) is 5.88. The van der Waals surface area contributed by atoms with Gasteiger partial charge in [0.05, 0.1) is 0 Å². The summed E-state index contributed by atoms with van der Waals surface area (Å²) in [4.78, 5) is 43.8. The minimum atomic E-state index is -0.817. The van der Waals surface area contributed by atoms with E-state index in [1.165, 1.54) is 5.57 Å². The molecule has 0 bridgehead atoms. The van der Waals surface area contributed by atoms with Gasteiger partial charge in [0, 0.05) is 25.2 Å². The van der Waals surface area contributed by atoms with Crippen molar-refractivity contribution in [3.8, 4) is 0 Å². The SMILES string of the molecule is CCCN1C(=O)C(CC(C)C)NC(=O)C12CCN(C(=O)C1=C(C)CCCC1(C)C)CC2. The van der Waals surface area contributed by atoms with Crippen LogP contribution in [0.2, 0.25) is 0 Å². The first-order valence-electron chi connectivity index (χ1n) is 12.2. The topological polar surface area (TPSA) is 69.7 Å². The van der Waals surface area contributed by atoms with Gasteiger partial charge in [0.2, 0.25) is 17.7 Å². The van der Waals surface area contributed by atoms with Crippen LogP contribution in [0.4, 0.5) is 0 Å². The molecular weight excluding hydrogens is 390 g/mol. The molecule has 2 fully saturated rings. The quantitative estimate of drug-likeness (QED) is 0.722. The van der Waals surface area contributed by atoms with Crippen LogP contribution >= 0.6 is 0 Å². The fraction of sp³-hybridized carbons (Fsp3) is 0.800. The molecular formula is C25H41N3O3. The molecule has 31 heavy (non-hydrogen) atoms. The van der Waals surface area contributed by atoms with Crippen molar-refractivity contribution in [2.75, 3.05) is 19.6 Å². The molecule has 3 rings (SSSR count). The monoisotopic (exact) mass is 431 g/mol. The second-order valence-corrected chi connectivity index (χ2v) is 10.9. The number of rotatable bonds is 5. The zero-order chi connectivity index (χ0) is 23.0. The van der Waals surface area contributed by atoms with Gasteiger partial charge in [-0.05, 0) is 63.2 Å². The number of amides is 3. The summed E-state index contributed by atoms with van der Waals surface area (Å²) in [6.45, 7) is 14.2. The lowest BCUT2D eigenvalue weighted by atomic mass is 9.72. The third kappa shape index (κ3) is 4.40. The van der Waals surface area contributed by atoms with Gasteiger partial charge in [0.25, 0.3) is 0 Å². The first kappa shape index (κ1) is 23.8. The van der Waals surface area contributed by atoms with Crippen molar-refractivity contribution >= 4 is 17.7 Å². The number of carbonyl (C=O) groups is 3. The van der Waals surface area contributed by atoms with E-state index in [4.69, 9.17) is 0 Å². The summed E-state index contributed by atoms with van der Waals surface area (Å²) in [6, 6.07) is -0.430. The van der Waals surface area contributed by atoms with Gasteiger partial charge in [-0.25, -0.2) is 0 Å². The Morgan fingerprint density at radius 3 is 2.35 bits per heavy atom. The van der Waals surface area contributed by atoms with E-state index >= 15 is 0 Å². The largest absolute Gasteiger partial charge is 0.342 e. The van der Waals surface area contributed by atoms with Gasteiger partial charge in [-0.2, -0.15) is 0 Å². The summed E-state index contributed by atoms with van der Waals surface area (Å²) >= 11 is 0. The van der Waals surface area contributed by atoms with E-state index in [9.17, 15) is 14.4 Å². The Morgan fingerprint density at radius 2 is 1.81 bits per heavy atom. The van der Waals surface area contributed by atoms with Crippen molar-refractivity contribution in [3.63, 3.8) is 0 Å². The lowest BCUT2D eigenvalue weighted by Gasteiger charge is -2.52. The highest BCUT2D eigenvalue weighted by Gasteiger charge is 2.54. The van der Waals surface area contributed by atoms with Crippen LogP contribution in [0.25, 0.3) is 0 Å². The van der Waals surface area contributed by atoms with Gasteiger partial charge in [-0.3, -0.25) is 14.4 Å². The molecule has 3 aliphatic rings. The molecule has 1 unspecified atom stereocenters. The molecule has 2 saturated heterocycles. The standard InChI is InChI=1S/C25H41N3O3/c1-7-13-28-21(29)19(16-17(2)3)26-23(31)25(28)11-14-27(15-12-25)22(30)20-18(4)9-8-10-24(20,5)6/h17,19H,7-16H2,1-6H3,(H,26,31). The minimum absolute atomic E-state index is 0.0355. The van der Waals surface area contributed by atoms with Crippen molar-refractivity contribution < 1.29 is 14.4 Å². The summed E-state index contributed by atoms with van der Waals surface area (Å²) < 4.78 is 0. The highest BCUT2D eigenvalue weighted by atomic mass is 16.2. The van der Waals surface area contributed by atoms with Crippen LogP contribution < -0.4 is 5.32 Å². The van der Waals surface area contributed by atoms with E-state index in [0.717, 1.165) is 31.3 Å². The summed E-state index contributed by atoms with van der Waals surface area (Å²) in [5.74, 6) is 0.467. The molecule has 0 aromatic heterocycles. The van der Waals surface area contributed by atoms with Crippen LogP contribution in [0.15, 0.2) is 11.1 Å². The number of piperazine rings is 1. The third-order valence-corrected chi connectivity index (χ3v) is 7.51. The van der Waals surface area contributed by atoms with Crippen molar-refractivity contribution in [3.05, 3.63) is 11.1 Å². The molecule has 2 aliphatic heterocycles. The smallest absolute Gasteiger partial charge is 0.250 e. The normalized spacial score (nSPS) is 26.0. The molecule has 1 aliphatic carbocycles. The van der Waals surface area contributed by atoms with Crippen molar-refractivity contribution in [2.24, 2.45) is 11.3 Å². The average Bonchev–Trinajstić information content (AvgIpc) is 2.69. The van der Waals surface area contributed by atoms with Crippen LogP contribution in [0.1, 0.15) is 86.5 Å². The number of hydrogen-bond acceptors (Lipinski definition) is 3. The Kier molecular flexibility index (Phi) is 6.87. The number of nitrogens with zero attached hydrogens (tertiary/aromatic N) is 2. The van der Waals surface area contributed by atoms with Gasteiger partial charge in [0.1, 0.15) is 11.6 Å². The van der Waals surface area contributed by atoms with Gasteiger partial charge in [0.15, 0.2) is 0 Å². The lowest BCUT2D eigenvalue weighted by molar-refractivity contribution is -0.162. The number of allylic oxidation sites excluding steroid dienone is 1. The summed E-state index contributed by atoms with van der Waals surface area (Å²) in [7, 11) is 0. The lowest BCUT2D eigenvalue weighted by Crippen LogP contribution is -2.73. The van der Waals surface area contributed by atoms with Gasteiger partial charge in [-0.1, -0.05) is 40.2 Å². The van der Waals surface area contributed by atoms with E-state index < -0.39 is 11.6 Å². The van der Waals surface area contributed by atoms with Crippen LogP contribution in [0.3, 0.4) is 0 Å². The zero-order valence-electron chi connectivity index (χ0n) is 20.3. The summed E-state index contributed by atoms with van der Waals surface area (Å²) in [5, 5.41) is 3.03. The number of likely N-dealkylation sites (tertiary alicyclic amines) is 1. The predicted molar refractivity (Wildman–Crippen MR) is 122 cm³/mol. The van der Waals surface area contributed by atoms with E-state index in [1.807, 2.05) is 16.7 Å². The maximum Gasteiger partial charge on any atom is 0.250 e. The molecule has 3 amide bonds. The van der Waals surface area contributed by atoms with E-state index in [-0.39, 0.29) is 23.1 Å². The highest BCUT2D eigenvalue weighted by Crippen LogP contribution is 2.42. The second-order valence-electron chi connectivity index (χ2n) is 10.9. The predicted octanol–water partition coefficient (Wildman–Crippen LogP) is 3.66. The van der Waals surface area contributed by atoms with Crippen molar-refractivity contribution in [1.29, 1.82) is 0 Å². The average molecular weight is 432 g/mol. The molecule has 0 aromatic carbocycles. The molecule has 1 N–H and O–H groups in total. The summed E-state index contributed by atoms with van der Waals surface area (Å²) in [5.41, 5.74) is 1.24. The fourth-order valence-electron chi connectivity index (χ4n) is 5.88. The van der Waals surface area contributed by atoms with Crippen LogP contribution in [0, 0.1) is 11.3 Å². The Morgan fingerprint density at radius 1 is 1.16 bits per heavy atom. The van der Waals surface area contributed by atoms with Crippen LogP contribution in [-0.4, -0.2) is 58.7 Å². The van der Waals surface area contributed by atoms with E-state index in [1.54, 1.807) is 0 Å². The number of hydrogen-bond donors (Lipinski definition) is 1. The number of piperidine rings is 1. The van der Waals surface area contributed by atoms with Crippen molar-refractivity contribution in [2.45, 2.75) is 98.1 Å². The highest BCUT2D eigenvalue weighted by molar-refractivity contribution is 6.00. The van der Waals surface area contributed by atoms with E-state index in [2.05, 4.69) is 39.9 Å². The number of nitrogens with one attached hydrogen (secondary N) is 1. The Hall–Kier alpha value is -1.85. The molecule has 0 saturated carbocycles. The molecule has 6 nitrogen and oxygen atoms in total. The van der Waals surface area contributed by atoms with Crippen LogP contribution in [-0.2, 0) is 14.4 Å². The van der Waals surface area contributed by atoms with E-state index in [0.29, 0.717) is 44.8 Å². The maximum atomic E-state index is 13.5. The van der Waals surface area contributed by atoms with Gasteiger partial charge < -0.3 is 15.1 Å². The molecule has 0 aromatic rings. The molecule has 1 spiro atoms. The Balaban J connectivity index is 1.79. The Bertz CT molecular complexity index is 760. The molecule has 6 heteroatoms. The first-order valence-corrected chi connectivity index (χ1v) is 12.2. The zero-order valence-corrected chi connectivity index (χ0v) is 20.3. The maximum absolute atomic E-state index is 13.5. The molecule has 0 radical (unpaired) electrons. The van der Waals surface area contributed by atoms with Gasteiger partial charge >= 0.3 is 0 Å². The van der Waals surface area contributed by atoms with Crippen LogP contribution in [0.5, 0.6) is 0 Å². The second kappa shape index (κ2) is 8.95. The Labute approximate surface area is 187 Å². The summed E-state index contributed by atoms with van der Waals surface area (Å²) in [6.07, 6.45) is 5.65. The first-order chi connectivity index (χ1) is 14.5.